The highest BCUT2D eigenvalue weighted by atomic mass is 35.5. The van der Waals surface area contributed by atoms with Gasteiger partial charge in [-0.15, -0.1) is 0 Å². The summed E-state index contributed by atoms with van der Waals surface area (Å²) in [4.78, 5) is 40.3. The molecule has 2 heterocycles. The fourth-order valence-electron chi connectivity index (χ4n) is 3.40. The highest BCUT2D eigenvalue weighted by molar-refractivity contribution is 8.26. The van der Waals surface area contributed by atoms with Crippen molar-refractivity contribution < 1.29 is 19.5 Å². The maximum atomic E-state index is 13.4. The molecule has 2 aromatic carbocycles. The Morgan fingerprint density at radius 3 is 2.47 bits per heavy atom. The summed E-state index contributed by atoms with van der Waals surface area (Å²) in [6.07, 6.45) is 0. The molecule has 4 rings (SSSR count). The van der Waals surface area contributed by atoms with Gasteiger partial charge in [0.15, 0.2) is 0 Å². The monoisotopic (exact) mass is 457 g/mol. The number of carbonyl (C=O) groups is 3. The van der Waals surface area contributed by atoms with E-state index in [0.29, 0.717) is 22.8 Å². The number of thioether (sulfide) groups is 1. The Morgan fingerprint density at radius 1 is 1.13 bits per heavy atom. The Morgan fingerprint density at radius 2 is 1.80 bits per heavy atom. The van der Waals surface area contributed by atoms with Crippen LogP contribution in [0.4, 0.5) is 5.69 Å². The molecule has 1 atom stereocenters. The molecular weight excluding hydrogens is 444 g/mol. The van der Waals surface area contributed by atoms with E-state index in [-0.39, 0.29) is 20.7 Å². The summed E-state index contributed by atoms with van der Waals surface area (Å²) < 4.78 is 0.0839. The van der Waals surface area contributed by atoms with Crippen molar-refractivity contribution in [2.45, 2.75) is 19.5 Å². The maximum Gasteiger partial charge on any atom is 0.267 e. The molecule has 0 aromatic heterocycles. The molecule has 0 spiro atoms. The summed E-state index contributed by atoms with van der Waals surface area (Å²) in [5.41, 5.74) is 2.38. The van der Waals surface area contributed by atoms with Crippen LogP contribution < -0.4 is 10.0 Å². The van der Waals surface area contributed by atoms with E-state index in [0.717, 1.165) is 22.2 Å². The predicted octanol–water partition coefficient (Wildman–Crippen LogP) is 2.60. The molecule has 30 heavy (non-hydrogen) atoms. The Kier molecular flexibility index (Phi) is 5.40. The molecule has 2 aromatic rings. The summed E-state index contributed by atoms with van der Waals surface area (Å²) in [5, 5.41) is 11.9. The summed E-state index contributed by atoms with van der Waals surface area (Å²) in [5.74, 6) is -2.36. The van der Waals surface area contributed by atoms with Crippen LogP contribution in [0.25, 0.3) is 5.57 Å². The zero-order chi connectivity index (χ0) is 21.6. The minimum absolute atomic E-state index is 0.0839. The van der Waals surface area contributed by atoms with Gasteiger partial charge in [0.05, 0.1) is 34.7 Å². The van der Waals surface area contributed by atoms with Gasteiger partial charge in [0.1, 0.15) is 4.32 Å². The normalized spacial score (nSPS) is 19.5. The largest absolute Gasteiger partial charge is 0.548 e. The molecule has 6 nitrogen and oxygen atoms in total. The number of halogens is 1. The number of fused-ring (bicyclic) bond motifs is 1. The number of carbonyl (C=O) groups excluding carboxylic acids is 3. The summed E-state index contributed by atoms with van der Waals surface area (Å²) >= 11 is 12.1. The molecule has 2 aliphatic heterocycles. The number of hydrogen-bond donors (Lipinski definition) is 0. The van der Waals surface area contributed by atoms with Crippen LogP contribution in [0.2, 0.25) is 5.02 Å². The van der Waals surface area contributed by atoms with Gasteiger partial charge in [-0.1, -0.05) is 65.9 Å². The number of amides is 2. The quantitative estimate of drug-likeness (QED) is 0.518. The maximum absolute atomic E-state index is 13.4. The van der Waals surface area contributed by atoms with Crippen molar-refractivity contribution in [3.63, 3.8) is 0 Å². The van der Waals surface area contributed by atoms with Crippen molar-refractivity contribution in [2.75, 3.05) is 4.90 Å². The van der Waals surface area contributed by atoms with Crippen LogP contribution >= 0.6 is 35.6 Å². The van der Waals surface area contributed by atoms with Gasteiger partial charge in [-0.25, -0.2) is 0 Å². The van der Waals surface area contributed by atoms with E-state index in [1.165, 1.54) is 6.92 Å². The molecule has 0 radical (unpaired) electrons. The van der Waals surface area contributed by atoms with Gasteiger partial charge in [-0.3, -0.25) is 14.5 Å². The molecule has 2 aliphatic rings. The molecule has 0 aliphatic carbocycles. The number of hydrogen-bond acceptors (Lipinski definition) is 6. The van der Waals surface area contributed by atoms with Crippen molar-refractivity contribution in [1.82, 2.24) is 4.90 Å². The fourth-order valence-corrected chi connectivity index (χ4v) is 5.01. The van der Waals surface area contributed by atoms with E-state index >= 15 is 0 Å². The van der Waals surface area contributed by atoms with Crippen LogP contribution in [0.15, 0.2) is 53.4 Å². The second kappa shape index (κ2) is 7.86. The number of benzene rings is 2. The van der Waals surface area contributed by atoms with E-state index in [4.69, 9.17) is 23.8 Å². The van der Waals surface area contributed by atoms with E-state index < -0.39 is 17.9 Å². The predicted molar refractivity (Wildman–Crippen MR) is 118 cm³/mol. The molecule has 1 saturated heterocycles. The number of aliphatic carboxylic acids is 1. The van der Waals surface area contributed by atoms with Gasteiger partial charge < -0.3 is 14.8 Å². The zero-order valence-electron chi connectivity index (χ0n) is 15.6. The molecule has 9 heteroatoms. The average Bonchev–Trinajstić information content (AvgIpc) is 3.16. The Labute approximate surface area is 187 Å². The summed E-state index contributed by atoms with van der Waals surface area (Å²) in [6.45, 7) is 1.62. The standard InChI is InChI=1S/C21H15ClN2O4S2/c1-11(20(27)28)24-19(26)17(30-21(24)29)16-14-4-2-3-5-15(14)23(18(16)25)10-12-6-8-13(22)9-7-12/h2-9,11H,10H2,1H3,(H,27,28)/p-1. The minimum atomic E-state index is -1.42. The fraction of sp³-hybridized carbons (Fsp3) is 0.143. The van der Waals surface area contributed by atoms with Crippen molar-refractivity contribution in [2.24, 2.45) is 0 Å². The van der Waals surface area contributed by atoms with E-state index in [9.17, 15) is 19.5 Å². The van der Waals surface area contributed by atoms with Gasteiger partial charge >= 0.3 is 0 Å². The molecule has 0 saturated carbocycles. The lowest BCUT2D eigenvalue weighted by Crippen LogP contribution is -2.48. The SMILES string of the molecule is CC(C(=O)[O-])N1C(=O)C(=C2C(=O)N(Cc3ccc(Cl)cc3)c3ccccc32)SC1=S. The number of carboxylic acid groups (broad SMARTS) is 1. The number of thiocarbonyl (C=S) groups is 1. The van der Waals surface area contributed by atoms with Gasteiger partial charge in [-0.2, -0.15) is 0 Å². The number of nitrogens with zero attached hydrogens (tertiary/aromatic N) is 2. The van der Waals surface area contributed by atoms with Crippen molar-refractivity contribution in [3.8, 4) is 0 Å². The smallest absolute Gasteiger partial charge is 0.267 e. The lowest BCUT2D eigenvalue weighted by atomic mass is 10.1. The summed E-state index contributed by atoms with van der Waals surface area (Å²) in [6, 6.07) is 13.1. The topological polar surface area (TPSA) is 80.7 Å². The lowest BCUT2D eigenvalue weighted by Gasteiger charge is -2.23. The van der Waals surface area contributed by atoms with Crippen LogP contribution in [0.3, 0.4) is 0 Å². The number of rotatable bonds is 4. The lowest BCUT2D eigenvalue weighted by molar-refractivity contribution is -0.309. The van der Waals surface area contributed by atoms with Gasteiger partial charge in [0.25, 0.3) is 11.8 Å². The van der Waals surface area contributed by atoms with Crippen LogP contribution in [-0.2, 0) is 20.9 Å². The zero-order valence-corrected chi connectivity index (χ0v) is 18.0. The van der Waals surface area contributed by atoms with Crippen molar-refractivity contribution in [3.05, 3.63) is 69.6 Å². The number of carboxylic acids is 1. The van der Waals surface area contributed by atoms with E-state index in [2.05, 4.69) is 0 Å². The summed E-state index contributed by atoms with van der Waals surface area (Å²) in [7, 11) is 0. The molecule has 0 N–H and O–H groups in total. The second-order valence-corrected chi connectivity index (χ2v) is 8.86. The molecule has 2 amide bonds. The van der Waals surface area contributed by atoms with Gasteiger partial charge in [0.2, 0.25) is 0 Å². The number of para-hydroxylation sites is 1. The van der Waals surface area contributed by atoms with Crippen LogP contribution in [0.1, 0.15) is 18.1 Å². The third kappa shape index (κ3) is 3.40. The van der Waals surface area contributed by atoms with E-state index in [1.54, 1.807) is 35.2 Å². The third-order valence-corrected chi connectivity index (χ3v) is 6.58. The van der Waals surface area contributed by atoms with Crippen LogP contribution in [0, 0.1) is 0 Å². The van der Waals surface area contributed by atoms with Gasteiger partial charge in [-0.05, 0) is 30.7 Å². The minimum Gasteiger partial charge on any atom is -0.548 e. The Balaban J connectivity index is 1.77. The first-order valence-electron chi connectivity index (χ1n) is 8.96. The highest BCUT2D eigenvalue weighted by Crippen LogP contribution is 2.45. The Hall–Kier alpha value is -2.68. The first-order valence-corrected chi connectivity index (χ1v) is 10.6. The van der Waals surface area contributed by atoms with Crippen molar-refractivity contribution >= 4 is 68.9 Å². The Bertz CT molecular complexity index is 1130. The first-order chi connectivity index (χ1) is 14.3. The second-order valence-electron chi connectivity index (χ2n) is 6.78. The molecular formula is C21H14ClN2O4S2-. The molecule has 152 valence electrons. The van der Waals surface area contributed by atoms with Gasteiger partial charge in [0, 0.05) is 10.6 Å². The van der Waals surface area contributed by atoms with Crippen molar-refractivity contribution in [1.29, 1.82) is 0 Å². The highest BCUT2D eigenvalue weighted by Gasteiger charge is 2.43. The van der Waals surface area contributed by atoms with E-state index in [1.807, 2.05) is 18.2 Å². The van der Waals surface area contributed by atoms with Crippen LogP contribution in [0.5, 0.6) is 0 Å². The first kappa shape index (κ1) is 20.6. The third-order valence-electron chi connectivity index (χ3n) is 4.93. The molecule has 1 fully saturated rings. The molecule has 1 unspecified atom stereocenters. The average molecular weight is 458 g/mol. The number of anilines is 1. The molecule has 0 bridgehead atoms. The van der Waals surface area contributed by atoms with Crippen LogP contribution in [-0.4, -0.2) is 33.0 Å².